The maximum absolute atomic E-state index is 13.6. The molecule has 1 unspecified atom stereocenters. The molecule has 11 nitrogen and oxygen atoms in total. The Hall–Kier alpha value is -4.38. The molecule has 3 N–H and O–H groups in total. The average molecular weight is 633 g/mol. The van der Waals surface area contributed by atoms with E-state index in [4.69, 9.17) is 14.2 Å². The van der Waals surface area contributed by atoms with Crippen LogP contribution >= 0.6 is 0 Å². The van der Waals surface area contributed by atoms with E-state index >= 15 is 0 Å². The Balaban J connectivity index is 1.38. The second kappa shape index (κ2) is 15.3. The van der Waals surface area contributed by atoms with Crippen molar-refractivity contribution in [3.8, 4) is 11.5 Å². The van der Waals surface area contributed by atoms with Gasteiger partial charge in [-0.2, -0.15) is 0 Å². The molecule has 46 heavy (non-hydrogen) atoms. The largest absolute Gasteiger partial charge is 0.493 e. The molecule has 1 saturated carbocycles. The van der Waals surface area contributed by atoms with Crippen molar-refractivity contribution in [3.05, 3.63) is 70.0 Å². The monoisotopic (exact) mass is 632 g/mol. The minimum atomic E-state index is -0.954. The van der Waals surface area contributed by atoms with Gasteiger partial charge in [0.05, 0.1) is 19.1 Å². The number of hydrogen-bond acceptors (Lipinski definition) is 8. The molecule has 3 aromatic rings. The molecule has 2 aliphatic rings. The summed E-state index contributed by atoms with van der Waals surface area (Å²) in [6, 6.07) is 14.9. The Kier molecular flexibility index (Phi) is 11.0. The fraction of sp³-hybridized carbons (Fsp3) is 0.486. The van der Waals surface area contributed by atoms with Gasteiger partial charge in [0, 0.05) is 43.7 Å². The number of H-pyrrole nitrogens is 1. The summed E-state index contributed by atoms with van der Waals surface area (Å²) in [7, 11) is 1.53. The Morgan fingerprint density at radius 3 is 2.65 bits per heavy atom. The third kappa shape index (κ3) is 8.66. The molecule has 2 amide bonds. The molecular weight excluding hydrogens is 588 g/mol. The number of carbonyl (C=O) groups is 3. The van der Waals surface area contributed by atoms with E-state index in [-0.39, 0.29) is 49.5 Å². The molecule has 5 rings (SSSR count). The van der Waals surface area contributed by atoms with Crippen molar-refractivity contribution in [2.24, 2.45) is 11.3 Å². The SMILES string of the molecule is CCOC(=O)C1(CC2CC2)CNC(=O)CCCN(Cc2cc3ccccc3[nH]c2=O)CCNC(=O)COc2cc(ccc2OC)C1. The summed E-state index contributed by atoms with van der Waals surface area (Å²) >= 11 is 0. The molecule has 2 bridgehead atoms. The number of fused-ring (bicyclic) bond motifs is 3. The minimum absolute atomic E-state index is 0.152. The van der Waals surface area contributed by atoms with Gasteiger partial charge in [-0.25, -0.2) is 0 Å². The van der Waals surface area contributed by atoms with Crippen LogP contribution in [0.4, 0.5) is 0 Å². The van der Waals surface area contributed by atoms with E-state index in [9.17, 15) is 19.2 Å². The van der Waals surface area contributed by atoms with Gasteiger partial charge in [0.25, 0.3) is 11.5 Å². The van der Waals surface area contributed by atoms with Crippen LogP contribution in [0.3, 0.4) is 0 Å². The molecule has 0 saturated heterocycles. The molecule has 1 fully saturated rings. The number of ether oxygens (including phenoxy) is 3. The number of carbonyl (C=O) groups excluding carboxylic acids is 3. The van der Waals surface area contributed by atoms with Gasteiger partial charge >= 0.3 is 5.97 Å². The van der Waals surface area contributed by atoms with E-state index in [1.807, 2.05) is 36.4 Å². The maximum atomic E-state index is 13.6. The lowest BCUT2D eigenvalue weighted by Gasteiger charge is -2.32. The zero-order valence-electron chi connectivity index (χ0n) is 26.7. The van der Waals surface area contributed by atoms with Crippen LogP contribution in [-0.2, 0) is 32.1 Å². The van der Waals surface area contributed by atoms with Gasteiger partial charge in [0.1, 0.15) is 0 Å². The lowest BCUT2D eigenvalue weighted by molar-refractivity contribution is -0.156. The summed E-state index contributed by atoms with van der Waals surface area (Å²) in [5, 5.41) is 6.88. The number of amides is 2. The highest BCUT2D eigenvalue weighted by Crippen LogP contribution is 2.43. The van der Waals surface area contributed by atoms with E-state index in [2.05, 4.69) is 20.5 Å². The second-order valence-corrected chi connectivity index (χ2v) is 12.3. The summed E-state index contributed by atoms with van der Waals surface area (Å²) in [5.74, 6) is 0.466. The average Bonchev–Trinajstić information content (AvgIpc) is 3.86. The molecular formula is C35H44N4O7. The van der Waals surface area contributed by atoms with E-state index in [0.717, 1.165) is 29.3 Å². The highest BCUT2D eigenvalue weighted by atomic mass is 16.5. The third-order valence-corrected chi connectivity index (χ3v) is 8.69. The van der Waals surface area contributed by atoms with Crippen molar-refractivity contribution >= 4 is 28.7 Å². The van der Waals surface area contributed by atoms with Crippen LogP contribution in [0.15, 0.2) is 53.3 Å². The van der Waals surface area contributed by atoms with Crippen LogP contribution in [0.5, 0.6) is 11.5 Å². The minimum Gasteiger partial charge on any atom is -0.493 e. The first-order valence-electron chi connectivity index (χ1n) is 16.1. The normalized spacial score (nSPS) is 20.5. The number of rotatable bonds is 7. The maximum Gasteiger partial charge on any atom is 0.314 e. The van der Waals surface area contributed by atoms with Crippen LogP contribution in [0.25, 0.3) is 10.9 Å². The highest BCUT2D eigenvalue weighted by Gasteiger charge is 2.44. The zero-order chi connectivity index (χ0) is 32.5. The predicted molar refractivity (Wildman–Crippen MR) is 174 cm³/mol. The molecule has 246 valence electrons. The number of aromatic amines is 1. The number of hydrogen-bond donors (Lipinski definition) is 3. The van der Waals surface area contributed by atoms with Gasteiger partial charge in [0.15, 0.2) is 18.1 Å². The van der Waals surface area contributed by atoms with Crippen molar-refractivity contribution in [2.75, 3.05) is 46.5 Å². The summed E-state index contributed by atoms with van der Waals surface area (Å²) in [6.07, 6.45) is 3.80. The standard InChI is InChI=1S/C35H44N4O7/c1-3-45-34(43)35(19-24-10-11-24)20-25-12-13-29(44-2)30(17-25)46-22-32(41)36-14-16-39(15-6-9-31(40)37-23-35)21-27-18-26-7-4-5-8-28(26)38-33(27)42/h4-5,7-8,12-13,17-18,24H,3,6,9-11,14-16,19-23H2,1-2H3,(H,36,41)(H,37,40)(H,38,42). The number of pyridine rings is 1. The van der Waals surface area contributed by atoms with E-state index in [1.54, 1.807) is 19.1 Å². The van der Waals surface area contributed by atoms with Crippen LogP contribution in [0.1, 0.15) is 50.2 Å². The van der Waals surface area contributed by atoms with Crippen molar-refractivity contribution in [2.45, 2.75) is 52.0 Å². The summed E-state index contributed by atoms with van der Waals surface area (Å²) in [6.45, 7) is 3.63. The van der Waals surface area contributed by atoms with Gasteiger partial charge in [0.2, 0.25) is 5.91 Å². The first-order valence-corrected chi connectivity index (χ1v) is 16.1. The molecule has 1 atom stereocenters. The first kappa shape index (κ1) is 33.0. The van der Waals surface area contributed by atoms with Gasteiger partial charge in [-0.05, 0) is 73.9 Å². The van der Waals surface area contributed by atoms with Crippen LogP contribution in [0, 0.1) is 11.3 Å². The molecule has 2 aromatic carbocycles. The Labute approximate surface area is 269 Å². The van der Waals surface area contributed by atoms with Crippen molar-refractivity contribution in [1.82, 2.24) is 20.5 Å². The lowest BCUT2D eigenvalue weighted by atomic mass is 9.76. The zero-order valence-corrected chi connectivity index (χ0v) is 26.7. The lowest BCUT2D eigenvalue weighted by Crippen LogP contribution is -2.46. The fourth-order valence-electron chi connectivity index (χ4n) is 6.12. The number of benzene rings is 2. The van der Waals surface area contributed by atoms with Crippen molar-refractivity contribution in [1.29, 1.82) is 0 Å². The van der Waals surface area contributed by atoms with Crippen molar-refractivity contribution < 1.29 is 28.6 Å². The quantitative estimate of drug-likeness (QED) is 0.337. The molecule has 11 heteroatoms. The van der Waals surface area contributed by atoms with Crippen LogP contribution in [-0.4, -0.2) is 74.2 Å². The van der Waals surface area contributed by atoms with Gasteiger partial charge < -0.3 is 29.8 Å². The number of aromatic nitrogens is 1. The molecule has 0 spiro atoms. The van der Waals surface area contributed by atoms with E-state index < -0.39 is 5.41 Å². The second-order valence-electron chi connectivity index (χ2n) is 12.3. The number of methoxy groups -OCH3 is 1. The molecule has 1 aromatic heterocycles. The first-order chi connectivity index (χ1) is 22.3. The summed E-state index contributed by atoms with van der Waals surface area (Å²) in [4.78, 5) is 57.5. The molecule has 2 heterocycles. The fourth-order valence-corrected chi connectivity index (χ4v) is 6.12. The molecule has 0 radical (unpaired) electrons. The summed E-state index contributed by atoms with van der Waals surface area (Å²) < 4.78 is 17.0. The van der Waals surface area contributed by atoms with Gasteiger partial charge in [-0.3, -0.25) is 24.1 Å². The number of para-hydroxylation sites is 1. The highest BCUT2D eigenvalue weighted by molar-refractivity contribution is 5.81. The third-order valence-electron chi connectivity index (χ3n) is 8.69. The number of nitrogens with one attached hydrogen (secondary N) is 3. The van der Waals surface area contributed by atoms with E-state index in [0.29, 0.717) is 68.4 Å². The van der Waals surface area contributed by atoms with Crippen LogP contribution < -0.4 is 25.7 Å². The predicted octanol–water partition coefficient (Wildman–Crippen LogP) is 3.34. The molecule has 1 aliphatic carbocycles. The summed E-state index contributed by atoms with van der Waals surface area (Å²) in [5.41, 5.74) is 1.06. The van der Waals surface area contributed by atoms with Crippen LogP contribution in [0.2, 0.25) is 0 Å². The van der Waals surface area contributed by atoms with Gasteiger partial charge in [-0.15, -0.1) is 0 Å². The smallest absolute Gasteiger partial charge is 0.314 e. The van der Waals surface area contributed by atoms with Crippen molar-refractivity contribution in [3.63, 3.8) is 0 Å². The Morgan fingerprint density at radius 1 is 1.04 bits per heavy atom. The van der Waals surface area contributed by atoms with Gasteiger partial charge in [-0.1, -0.05) is 37.1 Å². The Bertz CT molecular complexity index is 1600. The topological polar surface area (TPSA) is 139 Å². The van der Waals surface area contributed by atoms with E-state index in [1.165, 1.54) is 7.11 Å². The molecule has 1 aliphatic heterocycles. The Morgan fingerprint density at radius 2 is 1.87 bits per heavy atom. The number of nitrogens with zero attached hydrogens (tertiary/aromatic N) is 1. The number of esters is 1.